The summed E-state index contributed by atoms with van der Waals surface area (Å²) in [6, 6.07) is 6.12. The van der Waals surface area contributed by atoms with Gasteiger partial charge in [-0.3, -0.25) is 4.79 Å². The second kappa shape index (κ2) is 4.05. The van der Waals surface area contributed by atoms with Crippen molar-refractivity contribution in [2.45, 2.75) is 24.2 Å². The number of rotatable bonds is 2. The van der Waals surface area contributed by atoms with Crippen molar-refractivity contribution in [3.05, 3.63) is 41.2 Å². The zero-order valence-electron chi connectivity index (χ0n) is 9.74. The molecule has 2 rings (SSSR count). The summed E-state index contributed by atoms with van der Waals surface area (Å²) in [6.07, 6.45) is -1.08. The number of hydrogen-bond acceptors (Lipinski definition) is 2. The minimum absolute atomic E-state index is 0.407. The van der Waals surface area contributed by atoms with Crippen LogP contribution >= 0.6 is 0 Å². The predicted molar refractivity (Wildman–Crippen MR) is 60.6 cm³/mol. The fourth-order valence-corrected chi connectivity index (χ4v) is 2.35. The molecule has 0 amide bonds. The monoisotopic (exact) mass is 251 g/mol. The highest BCUT2D eigenvalue weighted by Gasteiger charge is 2.62. The van der Waals surface area contributed by atoms with Gasteiger partial charge in [0.25, 0.3) is 5.92 Å². The van der Waals surface area contributed by atoms with E-state index in [1.165, 1.54) is 19.2 Å². The molecule has 18 heavy (non-hydrogen) atoms. The number of carbonyl (C=O) groups excluding carboxylic acids is 1. The average molecular weight is 251 g/mol. The van der Waals surface area contributed by atoms with Gasteiger partial charge in [-0.1, -0.05) is 24.3 Å². The van der Waals surface area contributed by atoms with Crippen LogP contribution in [0.3, 0.4) is 0 Å². The van der Waals surface area contributed by atoms with Crippen LogP contribution < -0.4 is 0 Å². The van der Waals surface area contributed by atoms with Gasteiger partial charge < -0.3 is 4.74 Å². The Morgan fingerprint density at radius 3 is 2.28 bits per heavy atom. The van der Waals surface area contributed by atoms with E-state index in [-0.39, 0.29) is 0 Å². The Morgan fingerprint density at radius 2 is 1.89 bits per heavy atom. The molecule has 0 atom stereocenters. The third-order valence-corrected chi connectivity index (χ3v) is 3.25. The Morgan fingerprint density at radius 1 is 1.33 bits per heavy atom. The van der Waals surface area contributed by atoms with Gasteiger partial charge in [0.2, 0.25) is 0 Å². The number of hydrogen-bond donors (Lipinski definition) is 0. The summed E-state index contributed by atoms with van der Waals surface area (Å²) < 4.78 is 30.8. The van der Waals surface area contributed by atoms with E-state index < -0.39 is 30.1 Å². The lowest BCUT2D eigenvalue weighted by atomic mass is 9.62. The van der Waals surface area contributed by atoms with Crippen molar-refractivity contribution in [2.75, 3.05) is 7.11 Å². The van der Waals surface area contributed by atoms with Crippen molar-refractivity contribution in [3.63, 3.8) is 0 Å². The van der Waals surface area contributed by atoms with Crippen molar-refractivity contribution in [3.8, 4) is 0 Å². The van der Waals surface area contributed by atoms with Crippen LogP contribution in [-0.2, 0) is 14.9 Å². The van der Waals surface area contributed by atoms with Crippen LogP contribution in [0.2, 0.25) is 0 Å². The molecular formula is C13H11F2NO2. The molecule has 5 heteroatoms. The van der Waals surface area contributed by atoms with E-state index in [1.807, 2.05) is 0 Å². The lowest BCUT2D eigenvalue weighted by molar-refractivity contribution is -0.177. The van der Waals surface area contributed by atoms with Crippen LogP contribution in [0.15, 0.2) is 24.3 Å². The van der Waals surface area contributed by atoms with E-state index in [0.717, 1.165) is 0 Å². The molecule has 1 aliphatic carbocycles. The first-order valence-electron chi connectivity index (χ1n) is 5.38. The van der Waals surface area contributed by atoms with Gasteiger partial charge in [0.15, 0.2) is 5.69 Å². The van der Waals surface area contributed by atoms with Gasteiger partial charge in [-0.15, -0.1) is 0 Å². The summed E-state index contributed by atoms with van der Waals surface area (Å²) in [5.74, 6) is -3.48. The highest BCUT2D eigenvalue weighted by atomic mass is 19.3. The largest absolute Gasteiger partial charge is 0.468 e. The fourth-order valence-electron chi connectivity index (χ4n) is 2.35. The van der Waals surface area contributed by atoms with Crippen LogP contribution in [0.25, 0.3) is 4.85 Å². The third kappa shape index (κ3) is 1.84. The van der Waals surface area contributed by atoms with E-state index in [0.29, 0.717) is 11.3 Å². The molecule has 0 aliphatic heterocycles. The molecule has 0 aromatic heterocycles. The SMILES string of the molecule is [C-]#[N+]c1ccc(C2(C(=O)OC)CC(F)(F)C2)cc1. The van der Waals surface area contributed by atoms with Gasteiger partial charge in [0, 0.05) is 12.8 Å². The maximum Gasteiger partial charge on any atom is 0.316 e. The Bertz CT molecular complexity index is 509. The summed E-state index contributed by atoms with van der Waals surface area (Å²) in [7, 11) is 1.19. The number of methoxy groups -OCH3 is 1. The van der Waals surface area contributed by atoms with Crippen LogP contribution in [0, 0.1) is 6.57 Å². The lowest BCUT2D eigenvalue weighted by Crippen LogP contribution is -2.54. The number of benzene rings is 1. The zero-order chi connectivity index (χ0) is 13.4. The van der Waals surface area contributed by atoms with Crippen molar-refractivity contribution in [2.24, 2.45) is 0 Å². The highest BCUT2D eigenvalue weighted by molar-refractivity contribution is 5.85. The summed E-state index contributed by atoms with van der Waals surface area (Å²) in [5.41, 5.74) is -0.378. The van der Waals surface area contributed by atoms with Gasteiger partial charge in [-0.25, -0.2) is 13.6 Å². The predicted octanol–water partition coefficient (Wildman–Crippen LogP) is 3.08. The third-order valence-electron chi connectivity index (χ3n) is 3.25. The van der Waals surface area contributed by atoms with Gasteiger partial charge in [0.1, 0.15) is 5.41 Å². The van der Waals surface area contributed by atoms with Crippen LogP contribution in [-0.4, -0.2) is 19.0 Å². The molecule has 0 spiro atoms. The Balaban J connectivity index is 2.37. The topological polar surface area (TPSA) is 30.7 Å². The normalized spacial score (nSPS) is 19.4. The van der Waals surface area contributed by atoms with Crippen molar-refractivity contribution in [1.82, 2.24) is 0 Å². The van der Waals surface area contributed by atoms with E-state index >= 15 is 0 Å². The first-order valence-corrected chi connectivity index (χ1v) is 5.38. The standard InChI is InChI=1S/C13H11F2NO2/c1-16-10-5-3-9(4-6-10)12(11(17)18-2)7-13(14,15)8-12/h3-6H,7-8H2,2H3. The minimum Gasteiger partial charge on any atom is -0.468 e. The fraction of sp³-hybridized carbons (Fsp3) is 0.385. The van der Waals surface area contributed by atoms with Crippen LogP contribution in [0.5, 0.6) is 0 Å². The smallest absolute Gasteiger partial charge is 0.316 e. The molecule has 1 aromatic carbocycles. The van der Waals surface area contributed by atoms with E-state index in [1.54, 1.807) is 12.1 Å². The van der Waals surface area contributed by atoms with Crippen molar-refractivity contribution in [1.29, 1.82) is 0 Å². The summed E-state index contributed by atoms with van der Waals surface area (Å²) >= 11 is 0. The molecule has 0 bridgehead atoms. The number of nitrogens with zero attached hydrogens (tertiary/aromatic N) is 1. The maximum atomic E-state index is 13.1. The van der Waals surface area contributed by atoms with Crippen LogP contribution in [0.1, 0.15) is 18.4 Å². The van der Waals surface area contributed by atoms with E-state index in [4.69, 9.17) is 6.57 Å². The van der Waals surface area contributed by atoms with E-state index in [2.05, 4.69) is 9.58 Å². The molecule has 1 aliphatic rings. The number of esters is 1. The molecule has 1 saturated carbocycles. The lowest BCUT2D eigenvalue weighted by Gasteiger charge is -2.45. The van der Waals surface area contributed by atoms with Crippen molar-refractivity contribution >= 4 is 11.7 Å². The Kier molecular flexibility index (Phi) is 2.81. The molecule has 0 heterocycles. The van der Waals surface area contributed by atoms with Gasteiger partial charge in [-0.05, 0) is 5.56 Å². The molecule has 0 saturated heterocycles. The summed E-state index contributed by atoms with van der Waals surface area (Å²) in [4.78, 5) is 15.0. The number of carbonyl (C=O) groups is 1. The molecule has 0 radical (unpaired) electrons. The molecule has 0 N–H and O–H groups in total. The van der Waals surface area contributed by atoms with Gasteiger partial charge in [0.05, 0.1) is 13.7 Å². The van der Waals surface area contributed by atoms with Crippen molar-refractivity contribution < 1.29 is 18.3 Å². The molecular weight excluding hydrogens is 240 g/mol. The number of halogens is 2. The Hall–Kier alpha value is -1.96. The quantitative estimate of drug-likeness (QED) is 0.597. The second-order valence-electron chi connectivity index (χ2n) is 4.44. The summed E-state index contributed by atoms with van der Waals surface area (Å²) in [5, 5.41) is 0. The molecule has 1 fully saturated rings. The summed E-state index contributed by atoms with van der Waals surface area (Å²) in [6.45, 7) is 6.83. The molecule has 0 unspecified atom stereocenters. The minimum atomic E-state index is -2.83. The number of ether oxygens (including phenoxy) is 1. The molecule has 3 nitrogen and oxygen atoms in total. The zero-order valence-corrected chi connectivity index (χ0v) is 9.74. The highest BCUT2D eigenvalue weighted by Crippen LogP contribution is 2.54. The molecule has 1 aromatic rings. The Labute approximate surface area is 103 Å². The van der Waals surface area contributed by atoms with Crippen LogP contribution in [0.4, 0.5) is 14.5 Å². The van der Waals surface area contributed by atoms with Gasteiger partial charge >= 0.3 is 5.97 Å². The number of alkyl halides is 2. The van der Waals surface area contributed by atoms with Gasteiger partial charge in [-0.2, -0.15) is 0 Å². The average Bonchev–Trinajstić information content (AvgIpc) is 2.34. The molecule has 94 valence electrons. The second-order valence-corrected chi connectivity index (χ2v) is 4.44. The van der Waals surface area contributed by atoms with E-state index in [9.17, 15) is 13.6 Å². The first-order chi connectivity index (χ1) is 8.43. The maximum absolute atomic E-state index is 13.1. The first kappa shape index (κ1) is 12.5.